The maximum absolute atomic E-state index is 12.1. The maximum atomic E-state index is 12.1. The van der Waals surface area contributed by atoms with Crippen LogP contribution in [-0.2, 0) is 0 Å². The third-order valence-corrected chi connectivity index (χ3v) is 3.30. The Balaban J connectivity index is 2.82. The van der Waals surface area contributed by atoms with Gasteiger partial charge in [0.25, 0.3) is 5.56 Å². The van der Waals surface area contributed by atoms with Gasteiger partial charge in [-0.05, 0) is 41.1 Å². The molecule has 0 bridgehead atoms. The van der Waals surface area contributed by atoms with Crippen molar-refractivity contribution in [3.63, 3.8) is 0 Å². The van der Waals surface area contributed by atoms with Gasteiger partial charge in [0.05, 0.1) is 0 Å². The first-order chi connectivity index (χ1) is 8.52. The van der Waals surface area contributed by atoms with E-state index in [0.717, 1.165) is 0 Å². The number of nitrogens with zero attached hydrogens (tertiary/aromatic N) is 2. The molecule has 0 aliphatic rings. The topological polar surface area (TPSA) is 72.2 Å². The highest BCUT2D eigenvalue weighted by Crippen LogP contribution is 2.17. The smallest absolute Gasteiger partial charge is 0.341 e. The van der Waals surface area contributed by atoms with Crippen molar-refractivity contribution >= 4 is 21.9 Å². The average Bonchev–Trinajstić information content (AvgIpc) is 2.35. The van der Waals surface area contributed by atoms with Crippen molar-refractivity contribution in [3.05, 3.63) is 56.5 Å². The summed E-state index contributed by atoms with van der Waals surface area (Å²) < 4.78 is 1.82. The Labute approximate surface area is 111 Å². The van der Waals surface area contributed by atoms with E-state index in [2.05, 4.69) is 20.9 Å². The molecular formula is C12H9BrN2O3. The Morgan fingerprint density at radius 2 is 2.17 bits per heavy atom. The molecule has 0 fully saturated rings. The molecule has 5 nitrogen and oxygen atoms in total. The molecule has 0 spiro atoms. The normalized spacial score (nSPS) is 10.3. The molecule has 6 heteroatoms. The summed E-state index contributed by atoms with van der Waals surface area (Å²) in [6, 6.07) is 6.40. The molecule has 1 N–H and O–H groups in total. The second kappa shape index (κ2) is 4.73. The van der Waals surface area contributed by atoms with Gasteiger partial charge in [0.15, 0.2) is 0 Å². The Morgan fingerprint density at radius 1 is 1.44 bits per heavy atom. The molecule has 0 atom stereocenters. The third-order valence-electron chi connectivity index (χ3n) is 2.49. The fourth-order valence-corrected chi connectivity index (χ4v) is 1.99. The van der Waals surface area contributed by atoms with E-state index in [-0.39, 0.29) is 5.56 Å². The molecule has 0 radical (unpaired) electrons. The van der Waals surface area contributed by atoms with Crippen LogP contribution in [-0.4, -0.2) is 20.6 Å². The lowest BCUT2D eigenvalue weighted by Crippen LogP contribution is -2.27. The van der Waals surface area contributed by atoms with Gasteiger partial charge < -0.3 is 5.11 Å². The van der Waals surface area contributed by atoms with Crippen LogP contribution >= 0.6 is 15.9 Å². The zero-order chi connectivity index (χ0) is 13.3. The van der Waals surface area contributed by atoms with Crippen molar-refractivity contribution in [2.24, 2.45) is 0 Å². The lowest BCUT2D eigenvalue weighted by molar-refractivity contribution is 0.0694. The van der Waals surface area contributed by atoms with Crippen LogP contribution in [0.25, 0.3) is 5.82 Å². The first kappa shape index (κ1) is 12.5. The molecule has 2 heterocycles. The molecule has 18 heavy (non-hydrogen) atoms. The first-order valence-electron chi connectivity index (χ1n) is 5.09. The molecule has 2 aromatic heterocycles. The van der Waals surface area contributed by atoms with Crippen LogP contribution < -0.4 is 5.56 Å². The third kappa shape index (κ3) is 2.06. The van der Waals surface area contributed by atoms with E-state index in [9.17, 15) is 9.59 Å². The Bertz CT molecular complexity index is 665. The molecule has 92 valence electrons. The number of carbonyl (C=O) groups is 1. The largest absolute Gasteiger partial charge is 0.477 e. The Hall–Kier alpha value is -1.95. The van der Waals surface area contributed by atoms with Crippen molar-refractivity contribution in [1.82, 2.24) is 9.55 Å². The number of halogens is 1. The zero-order valence-electron chi connectivity index (χ0n) is 9.42. The van der Waals surface area contributed by atoms with E-state index in [0.29, 0.717) is 16.0 Å². The predicted octanol–water partition coefficient (Wildman–Crippen LogP) is 2.00. The number of rotatable bonds is 2. The SMILES string of the molecule is Cc1c(Br)cc(C(=O)O)c(=O)n1-c1ccccn1. The molecule has 0 saturated carbocycles. The van der Waals surface area contributed by atoms with Gasteiger partial charge >= 0.3 is 5.97 Å². The quantitative estimate of drug-likeness (QED) is 0.921. The van der Waals surface area contributed by atoms with Gasteiger partial charge in [0.2, 0.25) is 0 Å². The van der Waals surface area contributed by atoms with E-state index >= 15 is 0 Å². The van der Waals surface area contributed by atoms with Gasteiger partial charge in [0.1, 0.15) is 11.4 Å². The lowest BCUT2D eigenvalue weighted by atomic mass is 10.2. The average molecular weight is 309 g/mol. The van der Waals surface area contributed by atoms with E-state index in [4.69, 9.17) is 5.11 Å². The van der Waals surface area contributed by atoms with Gasteiger partial charge in [-0.25, -0.2) is 9.78 Å². The number of aromatic carboxylic acids is 1. The van der Waals surface area contributed by atoms with Crippen molar-refractivity contribution in [2.75, 3.05) is 0 Å². The molecule has 0 saturated heterocycles. The van der Waals surface area contributed by atoms with Crippen LogP contribution in [0.5, 0.6) is 0 Å². The molecule has 2 rings (SSSR count). The van der Waals surface area contributed by atoms with E-state index in [1.165, 1.54) is 10.6 Å². The summed E-state index contributed by atoms with van der Waals surface area (Å²) >= 11 is 3.25. The Kier molecular flexibility index (Phi) is 3.29. The second-order valence-electron chi connectivity index (χ2n) is 3.63. The van der Waals surface area contributed by atoms with Gasteiger partial charge in [-0.1, -0.05) is 6.07 Å². The summed E-state index contributed by atoms with van der Waals surface area (Å²) in [5.74, 6) is -0.866. The molecular weight excluding hydrogens is 300 g/mol. The molecule has 0 aliphatic carbocycles. The summed E-state index contributed by atoms with van der Waals surface area (Å²) in [4.78, 5) is 27.2. The van der Waals surface area contributed by atoms with Crippen LogP contribution in [0.2, 0.25) is 0 Å². The maximum Gasteiger partial charge on any atom is 0.341 e. The summed E-state index contributed by atoms with van der Waals surface area (Å²) in [7, 11) is 0. The number of carboxylic acid groups (broad SMARTS) is 1. The van der Waals surface area contributed by atoms with Crippen molar-refractivity contribution in [1.29, 1.82) is 0 Å². The molecule has 0 aromatic carbocycles. The number of pyridine rings is 2. The lowest BCUT2D eigenvalue weighted by Gasteiger charge is -2.11. The summed E-state index contributed by atoms with van der Waals surface area (Å²) in [5, 5.41) is 9.00. The number of hydrogen-bond donors (Lipinski definition) is 1. The van der Waals surface area contributed by atoms with Crippen molar-refractivity contribution in [3.8, 4) is 5.82 Å². The highest BCUT2D eigenvalue weighted by atomic mass is 79.9. The number of hydrogen-bond acceptors (Lipinski definition) is 3. The minimum Gasteiger partial charge on any atom is -0.477 e. The van der Waals surface area contributed by atoms with E-state index in [1.807, 2.05) is 0 Å². The van der Waals surface area contributed by atoms with Crippen LogP contribution in [0, 0.1) is 6.92 Å². The van der Waals surface area contributed by atoms with Crippen LogP contribution in [0.1, 0.15) is 16.1 Å². The van der Waals surface area contributed by atoms with E-state index < -0.39 is 11.5 Å². The highest BCUT2D eigenvalue weighted by molar-refractivity contribution is 9.10. The fourth-order valence-electron chi connectivity index (χ4n) is 1.59. The van der Waals surface area contributed by atoms with Gasteiger partial charge in [0, 0.05) is 16.4 Å². The zero-order valence-corrected chi connectivity index (χ0v) is 11.0. The minimum absolute atomic E-state index is 0.293. The van der Waals surface area contributed by atoms with Crippen molar-refractivity contribution < 1.29 is 9.90 Å². The van der Waals surface area contributed by atoms with Crippen LogP contribution in [0.4, 0.5) is 0 Å². The molecule has 0 unspecified atom stereocenters. The second-order valence-corrected chi connectivity index (χ2v) is 4.48. The monoisotopic (exact) mass is 308 g/mol. The van der Waals surface area contributed by atoms with Crippen LogP contribution in [0.3, 0.4) is 0 Å². The van der Waals surface area contributed by atoms with Gasteiger partial charge in [-0.2, -0.15) is 0 Å². The summed E-state index contributed by atoms with van der Waals surface area (Å²) in [6.45, 7) is 1.71. The van der Waals surface area contributed by atoms with Gasteiger partial charge in [-0.15, -0.1) is 0 Å². The fraction of sp³-hybridized carbons (Fsp3) is 0.0833. The first-order valence-corrected chi connectivity index (χ1v) is 5.88. The number of aromatic nitrogens is 2. The minimum atomic E-state index is -1.26. The van der Waals surface area contributed by atoms with Gasteiger partial charge in [-0.3, -0.25) is 9.36 Å². The standard InChI is InChI=1S/C12H9BrN2O3/c1-7-9(13)6-8(12(17)18)11(16)15(7)10-4-2-3-5-14-10/h2-6H,1H3,(H,17,18). The Morgan fingerprint density at radius 3 is 2.72 bits per heavy atom. The predicted molar refractivity (Wildman–Crippen MR) is 69.2 cm³/mol. The van der Waals surface area contributed by atoms with Crippen LogP contribution in [0.15, 0.2) is 39.7 Å². The molecule has 2 aromatic rings. The summed E-state index contributed by atoms with van der Waals surface area (Å²) in [6.07, 6.45) is 1.54. The van der Waals surface area contributed by atoms with Crippen molar-refractivity contribution in [2.45, 2.75) is 6.92 Å². The number of carboxylic acids is 1. The highest BCUT2D eigenvalue weighted by Gasteiger charge is 2.16. The molecule has 0 amide bonds. The van der Waals surface area contributed by atoms with E-state index in [1.54, 1.807) is 31.3 Å². The summed E-state index contributed by atoms with van der Waals surface area (Å²) in [5.41, 5.74) is -0.288. The molecule has 0 aliphatic heterocycles.